The van der Waals surface area contributed by atoms with Gasteiger partial charge in [0.25, 0.3) is 0 Å². The Bertz CT molecular complexity index is 567. The van der Waals surface area contributed by atoms with Crippen molar-refractivity contribution in [2.24, 2.45) is 23.7 Å². The van der Waals surface area contributed by atoms with E-state index in [1.807, 2.05) is 0 Å². The number of fused-ring (bicyclic) bond motifs is 1. The van der Waals surface area contributed by atoms with E-state index >= 15 is 0 Å². The summed E-state index contributed by atoms with van der Waals surface area (Å²) >= 11 is 0. The van der Waals surface area contributed by atoms with Crippen molar-refractivity contribution < 1.29 is 42.7 Å². The Balaban J connectivity index is 0.00000196. The number of epoxide rings is 1. The van der Waals surface area contributed by atoms with Gasteiger partial charge in [0.05, 0.1) is 32.8 Å². The van der Waals surface area contributed by atoms with Crippen LogP contribution in [0.3, 0.4) is 0 Å². The summed E-state index contributed by atoms with van der Waals surface area (Å²) in [4.78, 5) is 13.0. The predicted octanol–water partition coefficient (Wildman–Crippen LogP) is 0.392. The van der Waals surface area contributed by atoms with Crippen molar-refractivity contribution in [3.05, 3.63) is 0 Å². The maximum absolute atomic E-state index is 13.0. The van der Waals surface area contributed by atoms with Crippen molar-refractivity contribution in [3.63, 3.8) is 0 Å². The number of quaternary nitrogens is 1. The van der Waals surface area contributed by atoms with Crippen LogP contribution in [0.4, 0.5) is 0 Å². The first-order chi connectivity index (χ1) is 11.7. The van der Waals surface area contributed by atoms with E-state index in [1.54, 1.807) is 0 Å². The van der Waals surface area contributed by atoms with Gasteiger partial charge in [0.2, 0.25) is 0 Å². The Labute approximate surface area is 176 Å². The minimum atomic E-state index is -0.322. The second-order valence-electron chi connectivity index (χ2n) is 10.2. The predicted molar refractivity (Wildman–Crippen MR) is 97.0 cm³/mol. The first-order valence-corrected chi connectivity index (χ1v) is 10.5. The Hall–Kier alpha value is 0.120. The number of unbranched alkanes of at least 4 members (excludes halogenated alkanes) is 1. The van der Waals surface area contributed by atoms with Crippen LogP contribution < -0.4 is 24.0 Å². The maximum atomic E-state index is 13.0. The average molecular weight is 477 g/mol. The Kier molecular flexibility index (Phi) is 5.51. The van der Waals surface area contributed by atoms with Gasteiger partial charge in [-0.2, -0.15) is 0 Å². The summed E-state index contributed by atoms with van der Waals surface area (Å²) in [5, 5.41) is 0. The van der Waals surface area contributed by atoms with E-state index in [4.69, 9.17) is 9.47 Å². The molecule has 2 saturated heterocycles. The number of hydrogen-bond acceptors (Lipinski definition) is 3. The molecular weight excluding hydrogens is 441 g/mol. The van der Waals surface area contributed by atoms with Gasteiger partial charge in [-0.1, -0.05) is 20.3 Å². The zero-order valence-corrected chi connectivity index (χ0v) is 19.3. The molecule has 0 aromatic rings. The highest BCUT2D eigenvalue weighted by Gasteiger charge is 2.77. The van der Waals surface area contributed by atoms with E-state index in [1.165, 1.54) is 19.3 Å². The van der Waals surface area contributed by atoms with Crippen molar-refractivity contribution >= 4 is 5.97 Å². The standard InChI is InChI=1S/C21H36NO3.HI/c1-6-7-12-22(4,5)13-15-17-9-8-14(2)16-10-11-20(3)19(25-20)21(16,17)24-18(15)23;/h14-17,19H,6-13H2,1-5H3;1H/q+1;/p-1/t14-,15?,16+,17+,19-,20-,21-;/m1./s1. The minimum absolute atomic E-state index is 0. The van der Waals surface area contributed by atoms with Crippen molar-refractivity contribution in [2.75, 3.05) is 27.2 Å². The van der Waals surface area contributed by atoms with Gasteiger partial charge < -0.3 is 37.9 Å². The van der Waals surface area contributed by atoms with Crippen molar-refractivity contribution in [1.82, 2.24) is 0 Å². The molecule has 2 aliphatic carbocycles. The van der Waals surface area contributed by atoms with Crippen molar-refractivity contribution in [2.45, 2.75) is 76.6 Å². The van der Waals surface area contributed by atoms with Crippen LogP contribution in [0.5, 0.6) is 0 Å². The summed E-state index contributed by atoms with van der Waals surface area (Å²) in [5.41, 5.74) is -0.356. The van der Waals surface area contributed by atoms with E-state index in [2.05, 4.69) is 34.9 Å². The molecule has 2 aliphatic heterocycles. The molecule has 0 aromatic carbocycles. The highest BCUT2D eigenvalue weighted by molar-refractivity contribution is 5.77. The number of ether oxygens (including phenoxy) is 2. The zero-order valence-electron chi connectivity index (χ0n) is 17.1. The number of carbonyl (C=O) groups excluding carboxylic acids is 1. The lowest BCUT2D eigenvalue weighted by atomic mass is 9.55. The lowest BCUT2D eigenvalue weighted by molar-refractivity contribution is -0.893. The third kappa shape index (κ3) is 3.04. The van der Waals surface area contributed by atoms with E-state index < -0.39 is 0 Å². The summed E-state index contributed by atoms with van der Waals surface area (Å²) < 4.78 is 13.5. The van der Waals surface area contributed by atoms with E-state index in [9.17, 15) is 4.79 Å². The quantitative estimate of drug-likeness (QED) is 0.249. The van der Waals surface area contributed by atoms with Crippen LogP contribution >= 0.6 is 0 Å². The molecule has 7 atom stereocenters. The molecule has 4 rings (SSSR count). The minimum Gasteiger partial charge on any atom is -1.00 e. The monoisotopic (exact) mass is 477 g/mol. The molecule has 0 radical (unpaired) electrons. The molecule has 0 aromatic heterocycles. The van der Waals surface area contributed by atoms with Gasteiger partial charge in [-0.15, -0.1) is 0 Å². The molecule has 26 heavy (non-hydrogen) atoms. The summed E-state index contributed by atoms with van der Waals surface area (Å²) in [6.45, 7) is 8.87. The molecule has 0 bridgehead atoms. The normalized spacial score (nSPS) is 46.5. The second-order valence-corrected chi connectivity index (χ2v) is 10.2. The largest absolute Gasteiger partial charge is 1.00 e. The van der Waals surface area contributed by atoms with Gasteiger partial charge in [-0.3, -0.25) is 4.79 Å². The zero-order chi connectivity index (χ0) is 18.0. The summed E-state index contributed by atoms with van der Waals surface area (Å²) in [5.74, 6) is 1.60. The molecule has 0 N–H and O–H groups in total. The van der Waals surface area contributed by atoms with Gasteiger partial charge in [0.15, 0.2) is 0 Å². The number of rotatable bonds is 5. The Morgan fingerprint density at radius 1 is 1.19 bits per heavy atom. The Morgan fingerprint density at radius 2 is 1.92 bits per heavy atom. The van der Waals surface area contributed by atoms with Crippen LogP contribution in [-0.4, -0.2) is 54.9 Å². The number of hydrogen-bond donors (Lipinski definition) is 0. The molecule has 1 unspecified atom stereocenters. The first-order valence-electron chi connectivity index (χ1n) is 10.5. The fraction of sp³-hybridized carbons (Fsp3) is 0.952. The number of carbonyl (C=O) groups is 1. The molecule has 2 heterocycles. The third-order valence-electron chi connectivity index (χ3n) is 7.90. The van der Waals surface area contributed by atoms with Crippen LogP contribution in [0, 0.1) is 23.7 Å². The SMILES string of the molecule is CCCC[N+](C)(C)CC1C(=O)O[C@@]23[C@H]1CC[C@@H](C)[C@@H]2CC[C@@]1(C)O[C@@H]31.[I-]. The molecular formula is C21H36INO3. The first kappa shape index (κ1) is 20.8. The van der Waals surface area contributed by atoms with E-state index in [-0.39, 0.29) is 53.2 Å². The number of halogens is 1. The summed E-state index contributed by atoms with van der Waals surface area (Å²) in [6.07, 6.45) is 7.20. The summed E-state index contributed by atoms with van der Waals surface area (Å²) in [7, 11) is 4.55. The maximum Gasteiger partial charge on any atom is 0.315 e. The van der Waals surface area contributed by atoms with E-state index in [0.29, 0.717) is 17.8 Å². The molecule has 2 saturated carbocycles. The van der Waals surface area contributed by atoms with Crippen LogP contribution in [0.25, 0.3) is 0 Å². The average Bonchev–Trinajstić information content (AvgIpc) is 3.17. The van der Waals surface area contributed by atoms with E-state index in [0.717, 1.165) is 36.8 Å². The Morgan fingerprint density at radius 3 is 2.62 bits per heavy atom. The highest BCUT2D eigenvalue weighted by atomic mass is 127. The topological polar surface area (TPSA) is 38.8 Å². The number of nitrogens with zero attached hydrogens (tertiary/aromatic N) is 1. The van der Waals surface area contributed by atoms with Gasteiger partial charge in [-0.25, -0.2) is 0 Å². The second kappa shape index (κ2) is 6.87. The lowest BCUT2D eigenvalue weighted by Gasteiger charge is -2.50. The molecule has 4 nitrogen and oxygen atoms in total. The van der Waals surface area contributed by atoms with Gasteiger partial charge >= 0.3 is 5.97 Å². The summed E-state index contributed by atoms with van der Waals surface area (Å²) in [6, 6.07) is 0. The van der Waals surface area contributed by atoms with Crippen LogP contribution in [0.2, 0.25) is 0 Å². The fourth-order valence-electron chi connectivity index (χ4n) is 6.47. The molecule has 150 valence electrons. The van der Waals surface area contributed by atoms with Gasteiger partial charge in [0, 0.05) is 11.8 Å². The van der Waals surface area contributed by atoms with Crippen LogP contribution in [0.15, 0.2) is 0 Å². The molecule has 4 fully saturated rings. The lowest BCUT2D eigenvalue weighted by Crippen LogP contribution is -3.00. The highest BCUT2D eigenvalue weighted by Crippen LogP contribution is 2.66. The fourth-order valence-corrected chi connectivity index (χ4v) is 6.47. The van der Waals surface area contributed by atoms with Crippen molar-refractivity contribution in [1.29, 1.82) is 0 Å². The molecule has 4 aliphatic rings. The molecule has 1 spiro atoms. The molecule has 0 amide bonds. The van der Waals surface area contributed by atoms with Gasteiger partial charge in [0.1, 0.15) is 17.6 Å². The smallest absolute Gasteiger partial charge is 0.315 e. The third-order valence-corrected chi connectivity index (χ3v) is 7.90. The number of esters is 1. The van der Waals surface area contributed by atoms with Crippen molar-refractivity contribution in [3.8, 4) is 0 Å². The molecule has 5 heteroatoms. The van der Waals surface area contributed by atoms with Crippen LogP contribution in [0.1, 0.15) is 59.3 Å². The van der Waals surface area contributed by atoms with Gasteiger partial charge in [-0.05, 0) is 44.9 Å². The van der Waals surface area contributed by atoms with Crippen LogP contribution in [-0.2, 0) is 14.3 Å².